The van der Waals surface area contributed by atoms with Crippen molar-refractivity contribution in [2.75, 3.05) is 50.1 Å². The first kappa shape index (κ1) is 25.1. The summed E-state index contributed by atoms with van der Waals surface area (Å²) in [6.45, 7) is 10.9. The summed E-state index contributed by atoms with van der Waals surface area (Å²) in [4.78, 5) is 4.86. The molecule has 0 saturated carbocycles. The first-order valence-corrected chi connectivity index (χ1v) is 14.4. The van der Waals surface area contributed by atoms with E-state index in [9.17, 15) is 0 Å². The first-order chi connectivity index (χ1) is 16.4. The van der Waals surface area contributed by atoms with Gasteiger partial charge in [-0.2, -0.15) is 0 Å². The van der Waals surface area contributed by atoms with Gasteiger partial charge < -0.3 is 0 Å². The summed E-state index contributed by atoms with van der Waals surface area (Å²) in [5.41, 5.74) is 3.89. The van der Waals surface area contributed by atoms with Crippen LogP contribution in [0.2, 0.25) is 5.02 Å². The van der Waals surface area contributed by atoms with Crippen LogP contribution in [0.4, 0.5) is 11.4 Å². The summed E-state index contributed by atoms with van der Waals surface area (Å²) in [5.74, 6) is 1.24. The Kier molecular flexibility index (Phi) is 7.89. The van der Waals surface area contributed by atoms with E-state index in [0.717, 1.165) is 48.5 Å². The number of allylic oxidation sites excluding steroid dienone is 2. The zero-order valence-corrected chi connectivity index (χ0v) is 23.6. The van der Waals surface area contributed by atoms with Gasteiger partial charge in [-0.25, -0.2) is 0 Å². The monoisotopic (exact) mass is 544 g/mol. The third kappa shape index (κ3) is 5.13. The third-order valence-corrected chi connectivity index (χ3v) is 9.38. The molecule has 4 rings (SSSR count). The predicted octanol–water partition coefficient (Wildman–Crippen LogP) is 5.55. The minimum absolute atomic E-state index is 0.302. The average Bonchev–Trinajstić information content (AvgIpc) is 3.33. The van der Waals surface area contributed by atoms with Gasteiger partial charge in [-0.3, -0.25) is 0 Å². The van der Waals surface area contributed by atoms with Gasteiger partial charge in [-0.05, 0) is 0 Å². The van der Waals surface area contributed by atoms with Gasteiger partial charge in [-0.1, -0.05) is 0 Å². The van der Waals surface area contributed by atoms with Crippen LogP contribution in [-0.4, -0.2) is 59.5 Å². The number of quaternary nitrogens is 1. The van der Waals surface area contributed by atoms with Crippen LogP contribution in [-0.2, 0) is 6.42 Å². The Morgan fingerprint density at radius 1 is 1.03 bits per heavy atom. The SMILES string of the molecule is CCc1c2ccccc2[se][n+]1C=CC=C1N(CC)c2cc(Cl)ccc2N1CCC[N+](C)(C)CC. The van der Waals surface area contributed by atoms with E-state index in [4.69, 9.17) is 11.6 Å². The number of benzene rings is 2. The summed E-state index contributed by atoms with van der Waals surface area (Å²) in [7, 11) is 4.63. The van der Waals surface area contributed by atoms with Crippen LogP contribution in [0.1, 0.15) is 32.9 Å². The van der Waals surface area contributed by atoms with E-state index < -0.39 is 0 Å². The van der Waals surface area contributed by atoms with Crippen molar-refractivity contribution < 1.29 is 8.05 Å². The van der Waals surface area contributed by atoms with Gasteiger partial charge >= 0.3 is 216 Å². The number of hydrogen-bond donors (Lipinski definition) is 0. The molecule has 0 bridgehead atoms. The van der Waals surface area contributed by atoms with E-state index in [1.807, 2.05) is 6.07 Å². The fourth-order valence-electron chi connectivity index (χ4n) is 4.63. The van der Waals surface area contributed by atoms with Crippen molar-refractivity contribution in [1.29, 1.82) is 0 Å². The van der Waals surface area contributed by atoms with Crippen molar-refractivity contribution in [2.45, 2.75) is 33.6 Å². The molecule has 2 heterocycles. The number of rotatable bonds is 9. The Hall–Kier alpha value is -2.04. The fraction of sp³-hybridized carbons (Fsp3) is 0.393. The molecule has 1 aliphatic heterocycles. The molecule has 1 aliphatic rings. The van der Waals surface area contributed by atoms with Crippen LogP contribution in [0.5, 0.6) is 0 Å². The van der Waals surface area contributed by atoms with Gasteiger partial charge in [0.2, 0.25) is 0 Å². The summed E-state index contributed by atoms with van der Waals surface area (Å²) in [5, 5.41) is 2.20. The molecule has 0 radical (unpaired) electrons. The second-order valence-corrected chi connectivity index (χ2v) is 12.0. The molecule has 0 unspecified atom stereocenters. The molecule has 0 N–H and O–H groups in total. The third-order valence-electron chi connectivity index (χ3n) is 6.85. The number of halogens is 1. The van der Waals surface area contributed by atoms with Crippen LogP contribution in [0, 0.1) is 0 Å². The summed E-state index contributed by atoms with van der Waals surface area (Å²) in [6, 6.07) is 15.1. The molecular formula is C28H37ClN4Se+2. The first-order valence-electron chi connectivity index (χ1n) is 12.4. The number of aryl methyl sites for hydroxylation is 1. The summed E-state index contributed by atoms with van der Waals surface area (Å²) < 4.78 is 4.97. The maximum atomic E-state index is 6.40. The number of nitrogens with zero attached hydrogens (tertiary/aromatic N) is 4. The van der Waals surface area contributed by atoms with E-state index in [2.05, 4.69) is 103 Å². The summed E-state index contributed by atoms with van der Waals surface area (Å²) in [6.07, 6.45) is 8.96. The topological polar surface area (TPSA) is 10.4 Å². The molecule has 0 saturated heterocycles. The molecule has 0 fully saturated rings. The summed E-state index contributed by atoms with van der Waals surface area (Å²) >= 11 is 6.70. The van der Waals surface area contributed by atoms with Gasteiger partial charge in [0.05, 0.1) is 0 Å². The molecule has 0 spiro atoms. The molecule has 6 heteroatoms. The molecule has 4 nitrogen and oxygen atoms in total. The Labute approximate surface area is 215 Å². The average molecular weight is 544 g/mol. The molecule has 0 aliphatic carbocycles. The molecular weight excluding hydrogens is 507 g/mol. The molecule has 1 aromatic heterocycles. The molecule has 0 atom stereocenters. The van der Waals surface area contributed by atoms with Gasteiger partial charge in [0.15, 0.2) is 0 Å². The van der Waals surface area contributed by atoms with E-state index in [1.165, 1.54) is 32.5 Å². The fourth-order valence-corrected chi connectivity index (χ4v) is 7.12. The normalized spacial score (nSPS) is 15.3. The van der Waals surface area contributed by atoms with Crippen LogP contribution in [0.3, 0.4) is 0 Å². The standard InChI is InChI=1S/C28H37ClN4Se/c1-6-24-23-13-9-10-14-27(23)34-32(24)19-11-15-28-30(7-2)26-21-22(29)16-17-25(26)31(28)18-12-20-33(4,5)8-3/h9-11,13-17,19,21H,6-8,12,18,20H2,1-5H3/q+2. The van der Waals surface area contributed by atoms with E-state index in [-0.39, 0.29) is 0 Å². The van der Waals surface area contributed by atoms with E-state index >= 15 is 0 Å². The zero-order valence-electron chi connectivity index (χ0n) is 21.1. The van der Waals surface area contributed by atoms with Crippen molar-refractivity contribution in [3.05, 3.63) is 71.2 Å². The van der Waals surface area contributed by atoms with Crippen molar-refractivity contribution >= 4 is 53.6 Å². The molecule has 2 aromatic carbocycles. The van der Waals surface area contributed by atoms with Crippen LogP contribution in [0.25, 0.3) is 15.8 Å². The van der Waals surface area contributed by atoms with Gasteiger partial charge in [0.25, 0.3) is 0 Å². The van der Waals surface area contributed by atoms with Gasteiger partial charge in [0.1, 0.15) is 0 Å². The van der Waals surface area contributed by atoms with Crippen LogP contribution in [0.15, 0.2) is 60.4 Å². The Morgan fingerprint density at radius 3 is 2.56 bits per heavy atom. The minimum atomic E-state index is 0.302. The van der Waals surface area contributed by atoms with Crippen molar-refractivity contribution in [3.63, 3.8) is 0 Å². The van der Waals surface area contributed by atoms with Crippen molar-refractivity contribution in [3.8, 4) is 0 Å². The second kappa shape index (κ2) is 10.7. The zero-order chi connectivity index (χ0) is 24.3. The predicted molar refractivity (Wildman–Crippen MR) is 148 cm³/mol. The quantitative estimate of drug-likeness (QED) is 0.259. The number of aromatic nitrogens is 1. The Morgan fingerprint density at radius 2 is 1.82 bits per heavy atom. The van der Waals surface area contributed by atoms with Gasteiger partial charge in [0, 0.05) is 0 Å². The number of hydrogen-bond acceptors (Lipinski definition) is 2. The molecule has 34 heavy (non-hydrogen) atoms. The molecule has 3 aromatic rings. The molecule has 180 valence electrons. The van der Waals surface area contributed by atoms with Crippen LogP contribution < -0.4 is 13.4 Å². The van der Waals surface area contributed by atoms with Crippen molar-refractivity contribution in [1.82, 2.24) is 0 Å². The van der Waals surface area contributed by atoms with Crippen molar-refractivity contribution in [2.24, 2.45) is 0 Å². The van der Waals surface area contributed by atoms with E-state index in [0.29, 0.717) is 14.7 Å². The van der Waals surface area contributed by atoms with Crippen LogP contribution >= 0.6 is 11.6 Å². The Bertz CT molecular complexity index is 1210. The number of anilines is 2. The molecule has 0 amide bonds. The van der Waals surface area contributed by atoms with Gasteiger partial charge in [-0.15, -0.1) is 0 Å². The number of fused-ring (bicyclic) bond motifs is 2. The second-order valence-electron chi connectivity index (χ2n) is 9.44. The maximum absolute atomic E-state index is 6.40. The van der Waals surface area contributed by atoms with E-state index in [1.54, 1.807) is 0 Å². The Balaban J connectivity index is 1.66.